The van der Waals surface area contributed by atoms with Crippen molar-refractivity contribution in [1.29, 1.82) is 0 Å². The molecule has 0 unspecified atom stereocenters. The van der Waals surface area contributed by atoms with Gasteiger partial charge in [0, 0.05) is 16.9 Å². The molecule has 0 N–H and O–H groups in total. The molecule has 0 radical (unpaired) electrons. The lowest BCUT2D eigenvalue weighted by molar-refractivity contribution is 1.28. The van der Waals surface area contributed by atoms with E-state index in [0.29, 0.717) is 0 Å². The van der Waals surface area contributed by atoms with E-state index in [1.165, 1.54) is 55.3 Å². The molecule has 1 nitrogen and oxygen atoms in total. The Bertz CT molecular complexity index is 2280. The first kappa shape index (κ1) is 28.3. The van der Waals surface area contributed by atoms with Crippen molar-refractivity contribution in [2.24, 2.45) is 0 Å². The molecule has 0 heterocycles. The molecule has 0 aliphatic heterocycles. The molecule has 0 saturated carbocycles. The van der Waals surface area contributed by atoms with Crippen LogP contribution in [0.2, 0.25) is 0 Å². The lowest BCUT2D eigenvalue weighted by Crippen LogP contribution is -2.11. The number of benzene rings is 8. The van der Waals surface area contributed by atoms with Crippen molar-refractivity contribution >= 4 is 27.8 Å². The topological polar surface area (TPSA) is 3.24 Å². The van der Waals surface area contributed by atoms with Gasteiger partial charge in [-0.2, -0.15) is 0 Å². The number of anilines is 3. The molecule has 0 bridgehead atoms. The normalized spacial score (nSPS) is 11.0. The first-order valence-corrected chi connectivity index (χ1v) is 16.1. The predicted octanol–water partition coefficient (Wildman–Crippen LogP) is 13.0. The number of hydrogen-bond donors (Lipinski definition) is 0. The Labute approximate surface area is 276 Å². The molecule has 8 aromatic carbocycles. The van der Waals surface area contributed by atoms with Gasteiger partial charge in [0.15, 0.2) is 0 Å². The number of rotatable bonds is 7. The van der Waals surface area contributed by atoms with Gasteiger partial charge in [-0.25, -0.2) is 0 Å². The van der Waals surface area contributed by atoms with Crippen LogP contribution in [-0.2, 0) is 0 Å². The average Bonchev–Trinajstić information content (AvgIpc) is 3.16. The molecule has 47 heavy (non-hydrogen) atoms. The molecule has 0 spiro atoms. The van der Waals surface area contributed by atoms with E-state index in [4.69, 9.17) is 0 Å². The van der Waals surface area contributed by atoms with Crippen LogP contribution in [0.3, 0.4) is 0 Å². The van der Waals surface area contributed by atoms with Crippen molar-refractivity contribution in [2.45, 2.75) is 0 Å². The van der Waals surface area contributed by atoms with Gasteiger partial charge in [-0.15, -0.1) is 0 Å². The minimum atomic E-state index is 1.10. The highest BCUT2D eigenvalue weighted by molar-refractivity contribution is 5.98. The van der Waals surface area contributed by atoms with Crippen molar-refractivity contribution < 1.29 is 0 Å². The number of fused-ring (bicyclic) bond motifs is 1. The third-order valence-corrected chi connectivity index (χ3v) is 8.86. The zero-order valence-corrected chi connectivity index (χ0v) is 26.0. The zero-order valence-electron chi connectivity index (χ0n) is 26.0. The maximum absolute atomic E-state index is 2.40. The van der Waals surface area contributed by atoms with Crippen LogP contribution in [0.25, 0.3) is 55.3 Å². The SMILES string of the molecule is c1ccc(-c2ccc(N(c3cccc(-c4cccc5ccccc45)c3)c3ccccc3-c3cccc(-c4ccccc4)c3)cc2)cc1. The van der Waals surface area contributed by atoms with E-state index in [0.717, 1.165) is 17.1 Å². The van der Waals surface area contributed by atoms with Gasteiger partial charge in [0.2, 0.25) is 0 Å². The molecule has 8 rings (SSSR count). The van der Waals surface area contributed by atoms with E-state index < -0.39 is 0 Å². The summed E-state index contributed by atoms with van der Waals surface area (Å²) in [6, 6.07) is 71.8. The Morgan fingerprint density at radius 3 is 1.57 bits per heavy atom. The van der Waals surface area contributed by atoms with Gasteiger partial charge >= 0.3 is 0 Å². The molecule has 0 saturated heterocycles. The lowest BCUT2D eigenvalue weighted by atomic mass is 9.96. The molecule has 0 aromatic heterocycles. The summed E-state index contributed by atoms with van der Waals surface area (Å²) in [6.45, 7) is 0. The van der Waals surface area contributed by atoms with Gasteiger partial charge in [0.25, 0.3) is 0 Å². The van der Waals surface area contributed by atoms with Gasteiger partial charge in [-0.05, 0) is 86.1 Å². The third-order valence-electron chi connectivity index (χ3n) is 8.86. The van der Waals surface area contributed by atoms with Crippen LogP contribution < -0.4 is 4.90 Å². The molecular weight excluding hydrogens is 567 g/mol. The molecular formula is C46H33N. The third kappa shape index (κ3) is 5.72. The van der Waals surface area contributed by atoms with Crippen molar-refractivity contribution in [2.75, 3.05) is 4.90 Å². The molecule has 1 heteroatoms. The predicted molar refractivity (Wildman–Crippen MR) is 200 cm³/mol. The number of para-hydroxylation sites is 1. The van der Waals surface area contributed by atoms with Gasteiger partial charge in [0.05, 0.1) is 5.69 Å². The smallest absolute Gasteiger partial charge is 0.0540 e. The monoisotopic (exact) mass is 599 g/mol. The second-order valence-electron chi connectivity index (χ2n) is 11.8. The standard InChI is InChI=1S/C46H33N/c1-3-14-34(15-4-1)36-28-30-41(31-29-36)47(42-23-12-22-40(33-42)44-26-13-19-37-18-7-8-24-43(37)44)46-27-10-9-25-45(46)39-21-11-20-38(32-39)35-16-5-2-6-17-35/h1-33H. The highest BCUT2D eigenvalue weighted by Crippen LogP contribution is 2.43. The summed E-state index contributed by atoms with van der Waals surface area (Å²) in [7, 11) is 0. The fourth-order valence-electron chi connectivity index (χ4n) is 6.56. The molecule has 222 valence electrons. The fourth-order valence-corrected chi connectivity index (χ4v) is 6.56. The van der Waals surface area contributed by atoms with Gasteiger partial charge in [0.1, 0.15) is 0 Å². The minimum absolute atomic E-state index is 1.10. The second-order valence-corrected chi connectivity index (χ2v) is 11.8. The molecule has 0 aliphatic rings. The van der Waals surface area contributed by atoms with Gasteiger partial charge < -0.3 is 4.90 Å². The molecule has 0 fully saturated rings. The highest BCUT2D eigenvalue weighted by atomic mass is 15.1. The Balaban J connectivity index is 1.29. The van der Waals surface area contributed by atoms with Crippen molar-refractivity contribution in [3.05, 3.63) is 200 Å². The summed E-state index contributed by atoms with van der Waals surface area (Å²) >= 11 is 0. The van der Waals surface area contributed by atoms with Crippen LogP contribution in [0, 0.1) is 0 Å². The fraction of sp³-hybridized carbons (Fsp3) is 0. The summed E-state index contributed by atoms with van der Waals surface area (Å²) in [5.74, 6) is 0. The van der Waals surface area contributed by atoms with Gasteiger partial charge in [-0.3, -0.25) is 0 Å². The van der Waals surface area contributed by atoms with Crippen LogP contribution in [0.1, 0.15) is 0 Å². The Kier molecular flexibility index (Phi) is 7.63. The van der Waals surface area contributed by atoms with E-state index in [9.17, 15) is 0 Å². The highest BCUT2D eigenvalue weighted by Gasteiger charge is 2.18. The molecule has 0 aliphatic carbocycles. The Morgan fingerprint density at radius 2 is 0.787 bits per heavy atom. The van der Waals surface area contributed by atoms with Crippen LogP contribution in [0.5, 0.6) is 0 Å². The van der Waals surface area contributed by atoms with Crippen LogP contribution in [-0.4, -0.2) is 0 Å². The summed E-state index contributed by atoms with van der Waals surface area (Å²) < 4.78 is 0. The molecule has 0 atom stereocenters. The van der Waals surface area contributed by atoms with Crippen LogP contribution in [0.4, 0.5) is 17.1 Å². The van der Waals surface area contributed by atoms with Gasteiger partial charge in [-0.1, -0.05) is 164 Å². The van der Waals surface area contributed by atoms with E-state index in [-0.39, 0.29) is 0 Å². The zero-order chi connectivity index (χ0) is 31.4. The quantitative estimate of drug-likeness (QED) is 0.176. The van der Waals surface area contributed by atoms with Crippen molar-refractivity contribution in [3.63, 3.8) is 0 Å². The maximum Gasteiger partial charge on any atom is 0.0540 e. The first-order chi connectivity index (χ1) is 23.3. The van der Waals surface area contributed by atoms with Crippen LogP contribution in [0.15, 0.2) is 200 Å². The van der Waals surface area contributed by atoms with E-state index in [2.05, 4.69) is 205 Å². The molecule has 8 aromatic rings. The first-order valence-electron chi connectivity index (χ1n) is 16.1. The van der Waals surface area contributed by atoms with Crippen molar-refractivity contribution in [3.8, 4) is 44.5 Å². The second kappa shape index (κ2) is 12.7. The number of hydrogen-bond acceptors (Lipinski definition) is 1. The Morgan fingerprint density at radius 1 is 0.277 bits per heavy atom. The Hall–Kier alpha value is -6.18. The minimum Gasteiger partial charge on any atom is -0.310 e. The maximum atomic E-state index is 2.40. The molecule has 0 amide bonds. The number of nitrogens with zero attached hydrogens (tertiary/aromatic N) is 1. The largest absolute Gasteiger partial charge is 0.310 e. The summed E-state index contributed by atoms with van der Waals surface area (Å²) in [5, 5.41) is 2.50. The summed E-state index contributed by atoms with van der Waals surface area (Å²) in [4.78, 5) is 2.40. The van der Waals surface area contributed by atoms with Crippen LogP contribution >= 0.6 is 0 Å². The van der Waals surface area contributed by atoms with E-state index >= 15 is 0 Å². The summed E-state index contributed by atoms with van der Waals surface area (Å²) in [5.41, 5.74) is 12.9. The summed E-state index contributed by atoms with van der Waals surface area (Å²) in [6.07, 6.45) is 0. The van der Waals surface area contributed by atoms with E-state index in [1.54, 1.807) is 0 Å². The average molecular weight is 600 g/mol. The van der Waals surface area contributed by atoms with E-state index in [1.807, 2.05) is 0 Å². The lowest BCUT2D eigenvalue weighted by Gasteiger charge is -2.28. The van der Waals surface area contributed by atoms with Crippen molar-refractivity contribution in [1.82, 2.24) is 0 Å².